The minimum atomic E-state index is 0. The molecule has 19 heavy (non-hydrogen) atoms. The summed E-state index contributed by atoms with van der Waals surface area (Å²) in [6, 6.07) is 12.3. The normalized spacial score (nSPS) is 9.16. The predicted molar refractivity (Wildman–Crippen MR) is 106 cm³/mol. The van der Waals surface area contributed by atoms with Crippen LogP contribution in [0.2, 0.25) is 0 Å². The average Bonchev–Trinajstić information content (AvgIpc) is 2.88. The number of halogens is 6. The summed E-state index contributed by atoms with van der Waals surface area (Å²) in [6.07, 6.45) is 0. The fourth-order valence-electron chi connectivity index (χ4n) is 1.13. The molecule has 0 nitrogen and oxygen atoms in total. The smallest absolute Gasteiger partial charge is 0.266 e. The van der Waals surface area contributed by atoms with Crippen molar-refractivity contribution in [1.82, 2.24) is 0 Å². The van der Waals surface area contributed by atoms with Crippen LogP contribution in [0.5, 0.6) is 0 Å². The fourth-order valence-corrected chi connectivity index (χ4v) is 3.07. The first-order valence-corrected chi connectivity index (χ1v) is 10.1. The van der Waals surface area contributed by atoms with E-state index in [4.69, 9.17) is 0 Å². The molecule has 0 aliphatic heterocycles. The van der Waals surface area contributed by atoms with Crippen LogP contribution in [0.25, 0.3) is 0 Å². The van der Waals surface area contributed by atoms with Crippen LogP contribution in [0, 0.1) is 0 Å². The number of rotatable bonds is 2. The van der Waals surface area contributed by atoms with Crippen molar-refractivity contribution < 1.29 is 17.1 Å². The van der Waals surface area contributed by atoms with Crippen LogP contribution < -0.4 is 10.9 Å². The number of hydrogen-bond donors (Lipinski definition) is 0. The van der Waals surface area contributed by atoms with E-state index in [1.807, 2.05) is 12.1 Å². The van der Waals surface area contributed by atoms with Gasteiger partial charge in [0, 0.05) is 17.1 Å². The third-order valence-corrected chi connectivity index (χ3v) is 5.08. The van der Waals surface area contributed by atoms with Crippen molar-refractivity contribution in [1.29, 1.82) is 0 Å². The zero-order chi connectivity index (χ0) is 13.7. The summed E-state index contributed by atoms with van der Waals surface area (Å²) in [4.78, 5) is 0. The Hall–Kier alpha value is 2.23. The third kappa shape index (κ3) is 8.44. The molecule has 0 bridgehead atoms. The van der Waals surface area contributed by atoms with Gasteiger partial charge in [0.05, 0.1) is 0 Å². The molecule has 0 unspecified atom stereocenters. The Bertz CT molecular complexity index is 438. The van der Waals surface area contributed by atoms with Crippen molar-refractivity contribution in [3.8, 4) is 0 Å². The van der Waals surface area contributed by atoms with E-state index < -0.39 is 0 Å². The maximum Gasteiger partial charge on any atom is 0.266 e. The van der Waals surface area contributed by atoms with E-state index in [0.29, 0.717) is 0 Å². The molecule has 0 aliphatic carbocycles. The molecule has 0 aliphatic rings. The molecular weight excluding hydrogens is 677 g/mol. The predicted octanol–water partition coefficient (Wildman–Crippen LogP) is 5.30. The van der Waals surface area contributed by atoms with Gasteiger partial charge >= 0.3 is 0 Å². The third-order valence-electron chi connectivity index (χ3n) is 1.98. The Balaban J connectivity index is 0.000000324. The van der Waals surface area contributed by atoms with Gasteiger partial charge in [0.15, 0.2) is 0 Å². The summed E-state index contributed by atoms with van der Waals surface area (Å²) in [5.74, 6) is 0. The molecule has 0 N–H and O–H groups in total. The Labute approximate surface area is 174 Å². The minimum Gasteiger partial charge on any atom is -0.748 e. The van der Waals surface area contributed by atoms with Gasteiger partial charge < -0.3 is 44.1 Å². The van der Waals surface area contributed by atoms with Crippen molar-refractivity contribution in [3.05, 3.63) is 45.3 Å². The van der Waals surface area contributed by atoms with E-state index in [0.717, 1.165) is 8.95 Å². The van der Waals surface area contributed by atoms with Gasteiger partial charge in [-0.15, -0.1) is 20.4 Å². The standard InChI is InChI=1S/2C5H3BBr3.Fe/c2*7-5-2-1-4(3-5)6(8)9;/h2*1-3H;/q-5;-1;. The Kier molecular flexibility index (Phi) is 12.1. The van der Waals surface area contributed by atoms with Crippen molar-refractivity contribution >= 4 is 115 Å². The van der Waals surface area contributed by atoms with Gasteiger partial charge in [-0.3, -0.25) is 0 Å². The molecule has 0 saturated carbocycles. The van der Waals surface area contributed by atoms with E-state index in [2.05, 4.69) is 119 Å². The molecule has 0 heterocycles. The van der Waals surface area contributed by atoms with E-state index in [9.17, 15) is 0 Å². The minimum absolute atomic E-state index is 0. The van der Waals surface area contributed by atoms with Gasteiger partial charge in [-0.25, -0.2) is 6.07 Å². The van der Waals surface area contributed by atoms with Gasteiger partial charge in [-0.05, 0) is 0 Å². The van der Waals surface area contributed by atoms with Crippen LogP contribution in [0.4, 0.5) is 0 Å². The second-order valence-electron chi connectivity index (χ2n) is 3.33. The van der Waals surface area contributed by atoms with Crippen molar-refractivity contribution in [3.63, 3.8) is 0 Å². The molecule has 0 aromatic heterocycles. The average molecular weight is 683 g/mol. The van der Waals surface area contributed by atoms with E-state index >= 15 is 0 Å². The summed E-state index contributed by atoms with van der Waals surface area (Å²) in [6.45, 7) is 0. The van der Waals surface area contributed by atoms with Crippen molar-refractivity contribution in [2.45, 2.75) is 0 Å². The monoisotopic (exact) mass is 678 g/mol. The molecule has 2 aromatic carbocycles. The van der Waals surface area contributed by atoms with E-state index in [1.54, 1.807) is 0 Å². The topological polar surface area (TPSA) is 0 Å². The first-order chi connectivity index (χ1) is 8.40. The van der Waals surface area contributed by atoms with E-state index in [-0.39, 0.29) is 25.8 Å². The molecule has 0 radical (unpaired) electrons. The zero-order valence-electron chi connectivity index (χ0n) is 9.24. The molecule has 0 atom stereocenters. The van der Waals surface area contributed by atoms with Crippen LogP contribution >= 0.6 is 94.9 Å². The van der Waals surface area contributed by atoms with Gasteiger partial charge in [0.2, 0.25) is 0 Å². The van der Waals surface area contributed by atoms with Crippen LogP contribution in [0.3, 0.4) is 0 Å². The summed E-state index contributed by atoms with van der Waals surface area (Å²) in [7, 11) is 0. The molecule has 0 fully saturated rings. The quantitative estimate of drug-likeness (QED) is 0.298. The van der Waals surface area contributed by atoms with Crippen LogP contribution in [-0.2, 0) is 17.1 Å². The largest absolute Gasteiger partial charge is 0.748 e. The second kappa shape index (κ2) is 10.9. The van der Waals surface area contributed by atoms with Crippen LogP contribution in [0.1, 0.15) is 0 Å². The SMILES string of the molecule is BrB(Br)[c-]1[cH-][cH-][c-](Br)[cH-]1.BrB(Br)[c-]1ccc(Br)c1.[Fe]. The molecule has 108 valence electrons. The van der Waals surface area contributed by atoms with Crippen molar-refractivity contribution in [2.24, 2.45) is 0 Å². The Morgan fingerprint density at radius 3 is 1.89 bits per heavy atom. The summed E-state index contributed by atoms with van der Waals surface area (Å²) in [5.41, 5.74) is 2.48. The first kappa shape index (κ1) is 21.2. The zero-order valence-corrected chi connectivity index (χ0v) is 19.9. The maximum atomic E-state index is 3.39. The molecule has 0 amide bonds. The first-order valence-electron chi connectivity index (χ1n) is 4.80. The van der Waals surface area contributed by atoms with E-state index in [1.165, 1.54) is 10.9 Å². The van der Waals surface area contributed by atoms with Crippen LogP contribution in [0.15, 0.2) is 45.3 Å². The summed E-state index contributed by atoms with van der Waals surface area (Å²) < 4.78 is 2.80. The molecule has 9 heteroatoms. The molecule has 2 aromatic rings. The van der Waals surface area contributed by atoms with Gasteiger partial charge in [-0.2, -0.15) is 80.6 Å². The summed E-state index contributed by atoms with van der Waals surface area (Å²) >= 11 is 20.3. The molecule has 0 spiro atoms. The molecule has 2 rings (SSSR count). The Morgan fingerprint density at radius 1 is 1.05 bits per heavy atom. The second-order valence-corrected chi connectivity index (χ2v) is 11.3. The van der Waals surface area contributed by atoms with Crippen LogP contribution in [-0.4, -0.2) is 8.72 Å². The molecular formula is C10H6B2Br6Fe-6. The Morgan fingerprint density at radius 2 is 1.68 bits per heavy atom. The van der Waals surface area contributed by atoms with Gasteiger partial charge in [-0.1, -0.05) is 0 Å². The molecule has 0 saturated heterocycles. The summed E-state index contributed by atoms with van der Waals surface area (Å²) in [5, 5.41) is 0. The number of hydrogen-bond acceptors (Lipinski definition) is 0. The van der Waals surface area contributed by atoms with Crippen molar-refractivity contribution in [2.75, 3.05) is 0 Å². The van der Waals surface area contributed by atoms with Gasteiger partial charge in [0.1, 0.15) is 4.36 Å². The fraction of sp³-hybridized carbons (Fsp3) is 0. The maximum absolute atomic E-state index is 3.39. The van der Waals surface area contributed by atoms with Gasteiger partial charge in [0.25, 0.3) is 4.36 Å².